The van der Waals surface area contributed by atoms with Crippen LogP contribution in [0.2, 0.25) is 0 Å². The Labute approximate surface area is 112 Å². The monoisotopic (exact) mass is 261 g/mol. The average molecular weight is 261 g/mol. The summed E-state index contributed by atoms with van der Waals surface area (Å²) in [6.45, 7) is 4.84. The first-order chi connectivity index (χ1) is 9.11. The lowest BCUT2D eigenvalue weighted by Crippen LogP contribution is -2.13. The summed E-state index contributed by atoms with van der Waals surface area (Å²) in [5, 5.41) is 12.2. The summed E-state index contributed by atoms with van der Waals surface area (Å²) in [7, 11) is 0. The maximum Gasteiger partial charge on any atom is 0.323 e. The van der Waals surface area contributed by atoms with Gasteiger partial charge in [0.15, 0.2) is 0 Å². The Morgan fingerprint density at radius 3 is 2.95 bits per heavy atom. The lowest BCUT2D eigenvalue weighted by atomic mass is 10.2. The number of rotatable bonds is 6. The normalized spacial score (nSPS) is 10.8. The third-order valence-electron chi connectivity index (χ3n) is 3.01. The molecule has 0 aliphatic rings. The largest absolute Gasteiger partial charge is 0.480 e. The molecule has 1 heterocycles. The summed E-state index contributed by atoms with van der Waals surface area (Å²) < 4.78 is 1.72. The van der Waals surface area contributed by atoms with Crippen LogP contribution in [-0.2, 0) is 11.3 Å². The molecule has 0 atom stereocenters. The second-order valence-electron chi connectivity index (χ2n) is 4.69. The lowest BCUT2D eigenvalue weighted by Gasteiger charge is -2.08. The van der Waals surface area contributed by atoms with Crippen molar-refractivity contribution in [2.24, 2.45) is 0 Å². The fourth-order valence-corrected chi connectivity index (χ4v) is 2.05. The van der Waals surface area contributed by atoms with Gasteiger partial charge in [0.05, 0.1) is 11.0 Å². The van der Waals surface area contributed by atoms with Crippen molar-refractivity contribution in [1.29, 1.82) is 0 Å². The van der Waals surface area contributed by atoms with Gasteiger partial charge < -0.3 is 10.4 Å². The fourth-order valence-electron chi connectivity index (χ4n) is 2.05. The summed E-state index contributed by atoms with van der Waals surface area (Å²) in [6, 6.07) is 5.86. The van der Waals surface area contributed by atoms with Crippen LogP contribution in [0.25, 0.3) is 11.0 Å². The van der Waals surface area contributed by atoms with E-state index in [0.29, 0.717) is 5.95 Å². The molecule has 0 saturated carbocycles. The Morgan fingerprint density at radius 2 is 2.26 bits per heavy atom. The Hall–Kier alpha value is -2.04. The molecule has 0 amide bonds. The number of hydrogen-bond donors (Lipinski definition) is 2. The van der Waals surface area contributed by atoms with Gasteiger partial charge >= 0.3 is 5.97 Å². The molecule has 0 bridgehead atoms. The minimum atomic E-state index is -0.863. The first-order valence-corrected chi connectivity index (χ1v) is 6.54. The van der Waals surface area contributed by atoms with Crippen LogP contribution in [-0.4, -0.2) is 27.2 Å². The molecule has 1 aromatic carbocycles. The first kappa shape index (κ1) is 13.4. The molecule has 19 heavy (non-hydrogen) atoms. The number of fused-ring (bicyclic) bond motifs is 1. The number of nitrogens with zero attached hydrogens (tertiary/aromatic N) is 2. The van der Waals surface area contributed by atoms with Crippen LogP contribution in [0.4, 0.5) is 5.95 Å². The summed E-state index contributed by atoms with van der Waals surface area (Å²) in [5.41, 5.74) is 2.81. The summed E-state index contributed by atoms with van der Waals surface area (Å²) in [6.07, 6.45) is 2.13. The number of aliphatic carboxylic acids is 1. The molecule has 0 aliphatic carbocycles. The fraction of sp³-hybridized carbons (Fsp3) is 0.429. The van der Waals surface area contributed by atoms with Gasteiger partial charge in [0.1, 0.15) is 6.54 Å². The van der Waals surface area contributed by atoms with Crippen LogP contribution < -0.4 is 5.32 Å². The number of nitrogens with one attached hydrogen (secondary N) is 1. The number of carboxylic acids is 1. The molecule has 0 unspecified atom stereocenters. The second kappa shape index (κ2) is 5.73. The maximum atomic E-state index is 11.0. The number of aryl methyl sites for hydroxylation is 1. The number of aromatic nitrogens is 2. The molecular formula is C14H19N3O2. The van der Waals surface area contributed by atoms with Gasteiger partial charge in [-0.1, -0.05) is 19.4 Å². The van der Waals surface area contributed by atoms with E-state index in [9.17, 15) is 4.79 Å². The van der Waals surface area contributed by atoms with Gasteiger partial charge in [-0.3, -0.25) is 9.36 Å². The highest BCUT2D eigenvalue weighted by Crippen LogP contribution is 2.21. The Balaban J connectivity index is 2.38. The molecule has 0 aliphatic heterocycles. The number of hydrogen-bond acceptors (Lipinski definition) is 3. The minimum absolute atomic E-state index is 0.0754. The van der Waals surface area contributed by atoms with Crippen molar-refractivity contribution in [2.45, 2.75) is 33.2 Å². The third kappa shape index (κ3) is 3.05. The highest BCUT2D eigenvalue weighted by atomic mass is 16.4. The standard InChI is InChI=1S/C14H19N3O2/c1-3-4-7-15-14-16-11-8-10(2)5-6-12(11)17(14)9-13(18)19/h5-6,8H,3-4,7,9H2,1-2H3,(H,15,16)(H,18,19). The molecule has 1 aromatic heterocycles. The van der Waals surface area contributed by atoms with Gasteiger partial charge in [0, 0.05) is 6.54 Å². The van der Waals surface area contributed by atoms with Crippen LogP contribution in [0.3, 0.4) is 0 Å². The van der Waals surface area contributed by atoms with Crippen LogP contribution >= 0.6 is 0 Å². The number of imidazole rings is 1. The van der Waals surface area contributed by atoms with E-state index in [4.69, 9.17) is 5.11 Å². The Bertz CT molecular complexity index is 590. The van der Waals surface area contributed by atoms with Crippen molar-refractivity contribution in [3.05, 3.63) is 23.8 Å². The van der Waals surface area contributed by atoms with E-state index in [1.807, 2.05) is 25.1 Å². The van der Waals surface area contributed by atoms with E-state index >= 15 is 0 Å². The highest BCUT2D eigenvalue weighted by molar-refractivity contribution is 5.81. The number of unbranched alkanes of at least 4 members (excludes halogenated alkanes) is 1. The van der Waals surface area contributed by atoms with Gasteiger partial charge in [0.25, 0.3) is 0 Å². The van der Waals surface area contributed by atoms with Crippen molar-refractivity contribution in [1.82, 2.24) is 9.55 Å². The van der Waals surface area contributed by atoms with Crippen LogP contribution in [0.15, 0.2) is 18.2 Å². The van der Waals surface area contributed by atoms with Gasteiger partial charge in [-0.2, -0.15) is 0 Å². The predicted molar refractivity (Wildman–Crippen MR) is 75.5 cm³/mol. The summed E-state index contributed by atoms with van der Waals surface area (Å²) in [5.74, 6) is -0.227. The summed E-state index contributed by atoms with van der Waals surface area (Å²) >= 11 is 0. The quantitative estimate of drug-likeness (QED) is 0.784. The van der Waals surface area contributed by atoms with E-state index in [0.717, 1.165) is 36.0 Å². The zero-order valence-corrected chi connectivity index (χ0v) is 11.3. The second-order valence-corrected chi connectivity index (χ2v) is 4.69. The molecule has 5 nitrogen and oxygen atoms in total. The topological polar surface area (TPSA) is 67.2 Å². The molecule has 5 heteroatoms. The molecule has 2 N–H and O–H groups in total. The minimum Gasteiger partial charge on any atom is -0.480 e. The molecule has 2 aromatic rings. The van der Waals surface area contributed by atoms with E-state index in [1.54, 1.807) is 4.57 Å². The number of anilines is 1. The van der Waals surface area contributed by atoms with Crippen molar-refractivity contribution in [3.63, 3.8) is 0 Å². The number of carboxylic acid groups (broad SMARTS) is 1. The number of benzene rings is 1. The van der Waals surface area contributed by atoms with Gasteiger partial charge in [-0.25, -0.2) is 4.98 Å². The molecule has 0 spiro atoms. The SMILES string of the molecule is CCCCNc1nc2cc(C)ccc2n1CC(=O)O. The zero-order chi connectivity index (χ0) is 13.8. The van der Waals surface area contributed by atoms with Crippen molar-refractivity contribution in [2.75, 3.05) is 11.9 Å². The lowest BCUT2D eigenvalue weighted by molar-refractivity contribution is -0.137. The van der Waals surface area contributed by atoms with E-state index < -0.39 is 5.97 Å². The van der Waals surface area contributed by atoms with E-state index in [1.165, 1.54) is 0 Å². The van der Waals surface area contributed by atoms with Crippen LogP contribution in [0, 0.1) is 6.92 Å². The van der Waals surface area contributed by atoms with E-state index in [-0.39, 0.29) is 6.54 Å². The summed E-state index contributed by atoms with van der Waals surface area (Å²) in [4.78, 5) is 15.5. The average Bonchev–Trinajstić information content (AvgIpc) is 2.66. The van der Waals surface area contributed by atoms with Crippen molar-refractivity contribution in [3.8, 4) is 0 Å². The maximum absolute atomic E-state index is 11.0. The third-order valence-corrected chi connectivity index (χ3v) is 3.01. The van der Waals surface area contributed by atoms with E-state index in [2.05, 4.69) is 17.2 Å². The molecule has 0 radical (unpaired) electrons. The molecule has 0 fully saturated rings. The first-order valence-electron chi connectivity index (χ1n) is 6.54. The van der Waals surface area contributed by atoms with Crippen molar-refractivity contribution < 1.29 is 9.90 Å². The van der Waals surface area contributed by atoms with Gasteiger partial charge in [-0.05, 0) is 31.0 Å². The number of carbonyl (C=O) groups is 1. The van der Waals surface area contributed by atoms with Gasteiger partial charge in [-0.15, -0.1) is 0 Å². The molecule has 102 valence electrons. The Kier molecular flexibility index (Phi) is 4.04. The highest BCUT2D eigenvalue weighted by Gasteiger charge is 2.12. The van der Waals surface area contributed by atoms with Crippen molar-refractivity contribution >= 4 is 23.0 Å². The predicted octanol–water partition coefficient (Wildman–Crippen LogP) is 2.64. The zero-order valence-electron chi connectivity index (χ0n) is 11.3. The molecule has 0 saturated heterocycles. The Morgan fingerprint density at radius 1 is 1.47 bits per heavy atom. The molecule has 2 rings (SSSR count). The van der Waals surface area contributed by atoms with Gasteiger partial charge in [0.2, 0.25) is 5.95 Å². The van der Waals surface area contributed by atoms with Crippen LogP contribution in [0.5, 0.6) is 0 Å². The smallest absolute Gasteiger partial charge is 0.323 e. The molecular weight excluding hydrogens is 242 g/mol. The van der Waals surface area contributed by atoms with Crippen LogP contribution in [0.1, 0.15) is 25.3 Å².